The van der Waals surface area contributed by atoms with Gasteiger partial charge >= 0.3 is 0 Å². The Bertz CT molecular complexity index is 1370. The van der Waals surface area contributed by atoms with E-state index in [9.17, 15) is 14.7 Å². The highest BCUT2D eigenvalue weighted by atomic mass is 16.5. The monoisotopic (exact) mass is 466 g/mol. The summed E-state index contributed by atoms with van der Waals surface area (Å²) in [6.45, 7) is 6.42. The molecule has 0 radical (unpaired) electrons. The Morgan fingerprint density at radius 3 is 2.43 bits per heavy atom. The van der Waals surface area contributed by atoms with Crippen molar-refractivity contribution in [2.24, 2.45) is 0 Å². The zero-order valence-electron chi connectivity index (χ0n) is 19.9. The third-order valence-electron chi connectivity index (χ3n) is 6.15. The lowest BCUT2D eigenvalue weighted by atomic mass is 9.94. The van der Waals surface area contributed by atoms with E-state index in [4.69, 9.17) is 10.00 Å². The number of carbonyl (C=O) groups is 2. The van der Waals surface area contributed by atoms with E-state index in [1.807, 2.05) is 32.9 Å². The van der Waals surface area contributed by atoms with Gasteiger partial charge in [-0.2, -0.15) is 5.26 Å². The molecule has 6 heteroatoms. The second-order valence-corrected chi connectivity index (χ2v) is 8.55. The number of nitriles is 1. The molecular formula is C29H26N2O4. The lowest BCUT2D eigenvalue weighted by molar-refractivity contribution is -0.132. The molecule has 3 aromatic rings. The summed E-state index contributed by atoms with van der Waals surface area (Å²) in [5.74, 6) is -1.13. The third-order valence-corrected chi connectivity index (χ3v) is 6.15. The van der Waals surface area contributed by atoms with Crippen LogP contribution in [0.4, 0.5) is 5.69 Å². The number of aliphatic hydroxyl groups excluding tert-OH is 1. The maximum Gasteiger partial charge on any atom is 0.300 e. The van der Waals surface area contributed by atoms with E-state index in [0.29, 0.717) is 34.7 Å². The second-order valence-electron chi connectivity index (χ2n) is 8.55. The molecule has 4 rings (SSSR count). The number of amides is 1. The minimum atomic E-state index is -0.866. The fourth-order valence-electron chi connectivity index (χ4n) is 4.15. The fraction of sp³-hybridized carbons (Fsp3) is 0.207. The number of carbonyl (C=O) groups excluding carboxylic acids is 2. The first-order valence-corrected chi connectivity index (χ1v) is 11.5. The van der Waals surface area contributed by atoms with Gasteiger partial charge in [-0.1, -0.05) is 31.2 Å². The molecule has 1 N–H and O–H groups in total. The Kier molecular flexibility index (Phi) is 6.70. The average molecular weight is 467 g/mol. The number of ketones is 1. The van der Waals surface area contributed by atoms with Gasteiger partial charge in [0.25, 0.3) is 11.7 Å². The van der Waals surface area contributed by atoms with Crippen LogP contribution in [0.2, 0.25) is 0 Å². The van der Waals surface area contributed by atoms with Gasteiger partial charge in [0.05, 0.1) is 29.9 Å². The Morgan fingerprint density at radius 2 is 1.77 bits per heavy atom. The molecule has 1 unspecified atom stereocenters. The van der Waals surface area contributed by atoms with Crippen LogP contribution in [0.25, 0.3) is 5.76 Å². The van der Waals surface area contributed by atoms with Crippen LogP contribution in [-0.2, 0) is 9.59 Å². The molecule has 176 valence electrons. The molecular weight excluding hydrogens is 440 g/mol. The molecule has 6 nitrogen and oxygen atoms in total. The first-order valence-electron chi connectivity index (χ1n) is 11.5. The lowest BCUT2D eigenvalue weighted by Crippen LogP contribution is -2.29. The van der Waals surface area contributed by atoms with E-state index in [2.05, 4.69) is 6.07 Å². The number of ether oxygens (including phenoxy) is 1. The van der Waals surface area contributed by atoms with Crippen molar-refractivity contribution in [3.8, 4) is 11.8 Å². The van der Waals surface area contributed by atoms with E-state index in [1.54, 1.807) is 54.6 Å². The SMILES string of the molecule is CCCOc1cccc(C2/C(=C(/O)c3ccc(C)c(C)c3)C(=O)C(=O)N2c2ccc(C#N)cc2)c1. The van der Waals surface area contributed by atoms with Crippen LogP contribution in [0.5, 0.6) is 5.75 Å². The van der Waals surface area contributed by atoms with Gasteiger partial charge in [0, 0.05) is 11.3 Å². The lowest BCUT2D eigenvalue weighted by Gasteiger charge is -2.26. The summed E-state index contributed by atoms with van der Waals surface area (Å²) >= 11 is 0. The largest absolute Gasteiger partial charge is 0.507 e. The van der Waals surface area contributed by atoms with Crippen LogP contribution in [0, 0.1) is 25.2 Å². The summed E-state index contributed by atoms with van der Waals surface area (Å²) in [6, 6.07) is 20.3. The molecule has 3 aromatic carbocycles. The summed E-state index contributed by atoms with van der Waals surface area (Å²) in [5, 5.41) is 20.5. The number of Topliss-reactive ketones (excluding diaryl/α,β-unsaturated/α-hetero) is 1. The van der Waals surface area contributed by atoms with E-state index < -0.39 is 17.7 Å². The number of benzene rings is 3. The minimum absolute atomic E-state index is 0.00949. The summed E-state index contributed by atoms with van der Waals surface area (Å²) in [7, 11) is 0. The highest BCUT2D eigenvalue weighted by molar-refractivity contribution is 6.51. The van der Waals surface area contributed by atoms with Crippen molar-refractivity contribution in [1.82, 2.24) is 0 Å². The summed E-state index contributed by atoms with van der Waals surface area (Å²) in [4.78, 5) is 28.0. The molecule has 0 aliphatic carbocycles. The molecule has 0 aromatic heterocycles. The molecule has 1 saturated heterocycles. The Balaban J connectivity index is 1.92. The predicted octanol–water partition coefficient (Wildman–Crippen LogP) is 5.59. The van der Waals surface area contributed by atoms with Gasteiger partial charge in [-0.15, -0.1) is 0 Å². The average Bonchev–Trinajstić information content (AvgIpc) is 3.14. The van der Waals surface area contributed by atoms with Crippen molar-refractivity contribution >= 4 is 23.1 Å². The number of aliphatic hydroxyl groups is 1. The standard InChI is InChI=1S/C29H26N2O4/c1-4-14-35-24-7-5-6-21(16-24)26-25(27(32)22-11-8-18(2)19(3)15-22)28(33)29(34)31(26)23-12-9-20(17-30)10-13-23/h5-13,15-16,26,32H,4,14H2,1-3H3/b27-25-. The van der Waals surface area contributed by atoms with Crippen LogP contribution < -0.4 is 9.64 Å². The number of anilines is 1. The van der Waals surface area contributed by atoms with Gasteiger partial charge in [0.1, 0.15) is 11.5 Å². The van der Waals surface area contributed by atoms with Gasteiger partial charge in [0.2, 0.25) is 0 Å². The summed E-state index contributed by atoms with van der Waals surface area (Å²) < 4.78 is 5.79. The summed E-state index contributed by atoms with van der Waals surface area (Å²) in [6.07, 6.45) is 0.834. The van der Waals surface area contributed by atoms with Crippen LogP contribution in [0.15, 0.2) is 72.3 Å². The first-order chi connectivity index (χ1) is 16.8. The van der Waals surface area contributed by atoms with Crippen molar-refractivity contribution in [3.05, 3.63) is 100 Å². The van der Waals surface area contributed by atoms with Crippen LogP contribution in [-0.4, -0.2) is 23.4 Å². The fourth-order valence-corrected chi connectivity index (χ4v) is 4.15. The molecule has 1 aliphatic heterocycles. The molecule has 1 heterocycles. The Morgan fingerprint density at radius 1 is 1.03 bits per heavy atom. The second kappa shape index (κ2) is 9.86. The highest BCUT2D eigenvalue weighted by Crippen LogP contribution is 2.43. The van der Waals surface area contributed by atoms with Crippen molar-refractivity contribution < 1.29 is 19.4 Å². The first kappa shape index (κ1) is 23.8. The van der Waals surface area contributed by atoms with Crippen molar-refractivity contribution in [2.75, 3.05) is 11.5 Å². The normalized spacial score (nSPS) is 16.9. The van der Waals surface area contributed by atoms with Gasteiger partial charge in [-0.3, -0.25) is 14.5 Å². The van der Waals surface area contributed by atoms with E-state index >= 15 is 0 Å². The molecule has 1 fully saturated rings. The number of hydrogen-bond acceptors (Lipinski definition) is 5. The van der Waals surface area contributed by atoms with Gasteiger partial charge in [-0.05, 0) is 79.4 Å². The minimum Gasteiger partial charge on any atom is -0.507 e. The van der Waals surface area contributed by atoms with Crippen LogP contribution in [0.3, 0.4) is 0 Å². The van der Waals surface area contributed by atoms with E-state index in [0.717, 1.165) is 17.5 Å². The molecule has 0 bridgehead atoms. The maximum absolute atomic E-state index is 13.3. The quantitative estimate of drug-likeness (QED) is 0.290. The van der Waals surface area contributed by atoms with Crippen molar-refractivity contribution in [1.29, 1.82) is 5.26 Å². The smallest absolute Gasteiger partial charge is 0.300 e. The summed E-state index contributed by atoms with van der Waals surface area (Å²) in [5.41, 5.74) is 4.01. The number of hydrogen-bond donors (Lipinski definition) is 1. The van der Waals surface area contributed by atoms with Crippen LogP contribution >= 0.6 is 0 Å². The topological polar surface area (TPSA) is 90.6 Å². The number of aryl methyl sites for hydroxylation is 2. The molecule has 1 amide bonds. The van der Waals surface area contributed by atoms with E-state index in [-0.39, 0.29) is 11.3 Å². The number of nitrogens with zero attached hydrogens (tertiary/aromatic N) is 2. The Hall–Kier alpha value is -4.37. The van der Waals surface area contributed by atoms with Gasteiger partial charge in [-0.25, -0.2) is 0 Å². The van der Waals surface area contributed by atoms with Crippen molar-refractivity contribution in [2.45, 2.75) is 33.2 Å². The number of rotatable bonds is 6. The predicted molar refractivity (Wildman–Crippen MR) is 134 cm³/mol. The Labute approximate surface area is 204 Å². The molecule has 0 saturated carbocycles. The third kappa shape index (κ3) is 4.53. The van der Waals surface area contributed by atoms with Crippen molar-refractivity contribution in [3.63, 3.8) is 0 Å². The molecule has 35 heavy (non-hydrogen) atoms. The van der Waals surface area contributed by atoms with E-state index in [1.165, 1.54) is 4.90 Å². The molecule has 1 atom stereocenters. The maximum atomic E-state index is 13.3. The zero-order chi connectivity index (χ0) is 25.1. The molecule has 0 spiro atoms. The van der Waals surface area contributed by atoms with Gasteiger partial charge in [0.15, 0.2) is 0 Å². The zero-order valence-corrected chi connectivity index (χ0v) is 19.9. The van der Waals surface area contributed by atoms with Crippen LogP contribution in [0.1, 0.15) is 47.2 Å². The van der Waals surface area contributed by atoms with Gasteiger partial charge < -0.3 is 9.84 Å². The molecule has 1 aliphatic rings. The highest BCUT2D eigenvalue weighted by Gasteiger charge is 2.47.